The predicted molar refractivity (Wildman–Crippen MR) is 110 cm³/mol. The molecule has 7 nitrogen and oxygen atoms in total. The molecule has 0 radical (unpaired) electrons. The molecule has 0 saturated carbocycles. The van der Waals surface area contributed by atoms with Crippen molar-refractivity contribution in [1.82, 2.24) is 29.6 Å². The molecule has 1 aromatic carbocycles. The lowest BCUT2D eigenvalue weighted by atomic mass is 9.97. The summed E-state index contributed by atoms with van der Waals surface area (Å²) in [6, 6.07) is 10.3. The van der Waals surface area contributed by atoms with Gasteiger partial charge in [0, 0.05) is 24.2 Å². The zero-order valence-electron chi connectivity index (χ0n) is 17.4. The van der Waals surface area contributed by atoms with Crippen LogP contribution >= 0.6 is 0 Å². The van der Waals surface area contributed by atoms with Crippen molar-refractivity contribution in [1.29, 1.82) is 0 Å². The average molecular weight is 442 g/mol. The summed E-state index contributed by atoms with van der Waals surface area (Å²) in [7, 11) is 0. The molecule has 32 heavy (non-hydrogen) atoms. The van der Waals surface area contributed by atoms with Crippen molar-refractivity contribution in [2.24, 2.45) is 0 Å². The van der Waals surface area contributed by atoms with Crippen LogP contribution in [0.5, 0.6) is 0 Å². The van der Waals surface area contributed by atoms with Gasteiger partial charge in [-0.05, 0) is 38.4 Å². The number of pyridine rings is 1. The Labute approximate surface area is 181 Å². The lowest BCUT2D eigenvalue weighted by Gasteiger charge is -2.30. The van der Waals surface area contributed by atoms with E-state index in [9.17, 15) is 13.2 Å². The molecule has 0 bridgehead atoms. The second-order valence-electron chi connectivity index (χ2n) is 8.15. The molecule has 1 aliphatic heterocycles. The molecule has 4 heterocycles. The normalized spacial score (nSPS) is 17.8. The third-order valence-corrected chi connectivity index (χ3v) is 5.76. The number of likely N-dealkylation sites (tertiary alicyclic amines) is 1. The molecule has 0 amide bonds. The maximum Gasteiger partial charge on any atom is 0.417 e. The summed E-state index contributed by atoms with van der Waals surface area (Å²) in [6.45, 7) is 3.95. The third kappa shape index (κ3) is 4.10. The van der Waals surface area contributed by atoms with E-state index >= 15 is 0 Å². The van der Waals surface area contributed by atoms with Crippen molar-refractivity contribution in [3.63, 3.8) is 0 Å². The molecular weight excluding hydrogens is 421 g/mol. The Hall–Kier alpha value is -3.27. The monoisotopic (exact) mass is 442 g/mol. The topological polar surface area (TPSA) is 72.4 Å². The summed E-state index contributed by atoms with van der Waals surface area (Å²) in [6.07, 6.45) is -1.62. The van der Waals surface area contributed by atoms with Crippen molar-refractivity contribution in [3.8, 4) is 11.4 Å². The molecular formula is C22H21F3N6O. The Morgan fingerprint density at radius 1 is 1.09 bits per heavy atom. The lowest BCUT2D eigenvalue weighted by Crippen LogP contribution is -2.34. The van der Waals surface area contributed by atoms with Crippen LogP contribution < -0.4 is 0 Å². The van der Waals surface area contributed by atoms with Gasteiger partial charge in [-0.15, -0.1) is 10.2 Å². The fraction of sp³-hybridized carbons (Fsp3) is 0.364. The molecule has 0 N–H and O–H groups in total. The highest BCUT2D eigenvalue weighted by molar-refractivity contribution is 5.54. The van der Waals surface area contributed by atoms with Crippen LogP contribution in [0.2, 0.25) is 0 Å². The van der Waals surface area contributed by atoms with E-state index in [4.69, 9.17) is 4.52 Å². The smallest absolute Gasteiger partial charge is 0.338 e. The fourth-order valence-electron chi connectivity index (χ4n) is 4.09. The summed E-state index contributed by atoms with van der Waals surface area (Å²) in [5.74, 6) is 1.55. The van der Waals surface area contributed by atoms with Gasteiger partial charge >= 0.3 is 6.18 Å². The number of nitrogens with zero attached hydrogens (tertiary/aromatic N) is 6. The Balaban J connectivity index is 1.33. The molecule has 10 heteroatoms. The van der Waals surface area contributed by atoms with Crippen molar-refractivity contribution >= 4 is 5.65 Å². The van der Waals surface area contributed by atoms with Crippen LogP contribution in [-0.2, 0) is 12.7 Å². The Kier molecular flexibility index (Phi) is 5.16. The molecule has 0 aliphatic carbocycles. The average Bonchev–Trinajstić information content (AvgIpc) is 3.40. The maximum atomic E-state index is 13.2. The Morgan fingerprint density at radius 3 is 2.69 bits per heavy atom. The van der Waals surface area contributed by atoms with Crippen molar-refractivity contribution < 1.29 is 17.7 Å². The minimum atomic E-state index is -4.42. The highest BCUT2D eigenvalue weighted by atomic mass is 19.4. The first kappa shape index (κ1) is 20.6. The number of aryl methyl sites for hydroxylation is 1. The number of benzene rings is 1. The van der Waals surface area contributed by atoms with Crippen molar-refractivity contribution in [2.45, 2.75) is 38.4 Å². The van der Waals surface area contributed by atoms with Crippen molar-refractivity contribution in [3.05, 3.63) is 65.4 Å². The molecule has 1 aliphatic rings. The molecule has 1 atom stereocenters. The van der Waals surface area contributed by atoms with Gasteiger partial charge in [0.1, 0.15) is 5.82 Å². The number of alkyl halides is 3. The third-order valence-electron chi connectivity index (χ3n) is 5.76. The van der Waals surface area contributed by atoms with Crippen LogP contribution in [0.15, 0.2) is 47.1 Å². The number of aromatic nitrogens is 5. The number of fused-ring (bicyclic) bond motifs is 1. The molecule has 1 saturated heterocycles. The summed E-state index contributed by atoms with van der Waals surface area (Å²) < 4.78 is 46.4. The molecule has 1 fully saturated rings. The summed E-state index contributed by atoms with van der Waals surface area (Å²) in [5.41, 5.74) is 1.73. The predicted octanol–water partition coefficient (Wildman–Crippen LogP) is 4.49. The first-order chi connectivity index (χ1) is 15.4. The van der Waals surface area contributed by atoms with Gasteiger partial charge in [0.25, 0.3) is 0 Å². The van der Waals surface area contributed by atoms with E-state index in [-0.39, 0.29) is 5.92 Å². The van der Waals surface area contributed by atoms with Gasteiger partial charge in [0.05, 0.1) is 12.1 Å². The van der Waals surface area contributed by atoms with Gasteiger partial charge in [-0.25, -0.2) is 0 Å². The van der Waals surface area contributed by atoms with Crippen molar-refractivity contribution in [2.75, 3.05) is 13.1 Å². The highest BCUT2D eigenvalue weighted by Gasteiger charge is 2.32. The van der Waals surface area contributed by atoms with E-state index in [1.54, 1.807) is 0 Å². The number of rotatable bonds is 4. The van der Waals surface area contributed by atoms with Crippen LogP contribution in [0.1, 0.15) is 41.6 Å². The first-order valence-electron chi connectivity index (χ1n) is 10.4. The second kappa shape index (κ2) is 8.01. The number of hydrogen-bond donors (Lipinski definition) is 0. The van der Waals surface area contributed by atoms with Crippen LogP contribution in [0.3, 0.4) is 0 Å². The lowest BCUT2D eigenvalue weighted by molar-refractivity contribution is -0.137. The zero-order chi connectivity index (χ0) is 22.3. The highest BCUT2D eigenvalue weighted by Crippen LogP contribution is 2.31. The minimum Gasteiger partial charge on any atom is -0.338 e. The SMILES string of the molecule is Cc1ccc(-c2noc(CN3CCCC(c4nnc5ccc(C(F)(F)F)cn45)C3)n2)cc1. The largest absolute Gasteiger partial charge is 0.417 e. The van der Waals surface area contributed by atoms with Crippen LogP contribution in [-0.4, -0.2) is 42.7 Å². The summed E-state index contributed by atoms with van der Waals surface area (Å²) >= 11 is 0. The van der Waals surface area contributed by atoms with Gasteiger partial charge in [0.2, 0.25) is 11.7 Å². The number of piperidine rings is 1. The van der Waals surface area contributed by atoms with Gasteiger partial charge < -0.3 is 4.52 Å². The molecule has 1 unspecified atom stereocenters. The number of hydrogen-bond acceptors (Lipinski definition) is 6. The van der Waals surface area contributed by atoms with E-state index in [0.717, 1.165) is 42.8 Å². The molecule has 3 aromatic heterocycles. The Morgan fingerprint density at radius 2 is 1.91 bits per heavy atom. The van der Waals surface area contributed by atoms with Crippen LogP contribution in [0, 0.1) is 6.92 Å². The first-order valence-corrected chi connectivity index (χ1v) is 10.4. The van der Waals surface area contributed by atoms with E-state index < -0.39 is 11.7 Å². The van der Waals surface area contributed by atoms with Gasteiger partial charge in [-0.2, -0.15) is 18.2 Å². The summed E-state index contributed by atoms with van der Waals surface area (Å²) in [4.78, 5) is 6.66. The quantitative estimate of drug-likeness (QED) is 0.464. The van der Waals surface area contributed by atoms with E-state index in [1.165, 1.54) is 10.5 Å². The standard InChI is InChI=1S/C22H21F3N6O/c1-14-4-6-15(7-5-14)20-26-19(32-29-20)13-30-10-2-3-16(11-30)21-28-27-18-9-8-17(12-31(18)21)22(23,24)25/h4-9,12,16H,2-3,10-11,13H2,1H3. The molecule has 0 spiro atoms. The van der Waals surface area contributed by atoms with Crippen LogP contribution in [0.25, 0.3) is 17.0 Å². The Bertz CT molecular complexity index is 1230. The molecule has 166 valence electrons. The van der Waals surface area contributed by atoms with E-state index in [0.29, 0.717) is 36.3 Å². The van der Waals surface area contributed by atoms with E-state index in [1.807, 2.05) is 31.2 Å². The maximum absolute atomic E-state index is 13.2. The number of halogens is 3. The van der Waals surface area contributed by atoms with Crippen LogP contribution in [0.4, 0.5) is 13.2 Å². The zero-order valence-corrected chi connectivity index (χ0v) is 17.4. The minimum absolute atomic E-state index is 0.0401. The molecule has 5 rings (SSSR count). The fourth-order valence-corrected chi connectivity index (χ4v) is 4.09. The molecule has 4 aromatic rings. The van der Waals surface area contributed by atoms with Gasteiger partial charge in [-0.3, -0.25) is 9.30 Å². The van der Waals surface area contributed by atoms with Gasteiger partial charge in [0.15, 0.2) is 5.65 Å². The second-order valence-corrected chi connectivity index (χ2v) is 8.15. The van der Waals surface area contributed by atoms with E-state index in [2.05, 4.69) is 25.2 Å². The van der Waals surface area contributed by atoms with Gasteiger partial charge in [-0.1, -0.05) is 35.0 Å². The summed E-state index contributed by atoms with van der Waals surface area (Å²) in [5, 5.41) is 12.3.